The van der Waals surface area contributed by atoms with Gasteiger partial charge in [-0.15, -0.1) is 0 Å². The van der Waals surface area contributed by atoms with E-state index in [-0.39, 0.29) is 5.92 Å². The van der Waals surface area contributed by atoms with Gasteiger partial charge in [0.1, 0.15) is 5.75 Å². The van der Waals surface area contributed by atoms with Crippen LogP contribution in [0.1, 0.15) is 38.7 Å². The Bertz CT molecular complexity index is 456. The second kappa shape index (κ2) is 6.97. The summed E-state index contributed by atoms with van der Waals surface area (Å²) in [6, 6.07) is 7.76. The number of carbonyl (C=O) groups is 1. The molecule has 1 aromatic rings. The fraction of sp³-hybridized carbons (Fsp3) is 0.611. The van der Waals surface area contributed by atoms with Crippen LogP contribution < -0.4 is 4.74 Å². The van der Waals surface area contributed by atoms with Crippen molar-refractivity contribution in [3.63, 3.8) is 0 Å². The molecule has 0 aromatic heterocycles. The summed E-state index contributed by atoms with van der Waals surface area (Å²) in [5.41, 5.74) is 1.08. The lowest BCUT2D eigenvalue weighted by atomic mass is 9.70. The zero-order valence-electron chi connectivity index (χ0n) is 13.2. The number of methoxy groups -OCH3 is 1. The van der Waals surface area contributed by atoms with Crippen molar-refractivity contribution in [3.05, 3.63) is 29.8 Å². The minimum absolute atomic E-state index is 0.274. The first kappa shape index (κ1) is 15.9. The normalized spacial score (nSPS) is 27.1. The summed E-state index contributed by atoms with van der Waals surface area (Å²) in [7, 11) is 1.64. The van der Waals surface area contributed by atoms with E-state index < -0.39 is 5.97 Å². The predicted molar refractivity (Wildman–Crippen MR) is 83.5 cm³/mol. The molecule has 0 radical (unpaired) electrons. The number of ether oxygens (including phenoxy) is 1. The summed E-state index contributed by atoms with van der Waals surface area (Å²) in [6.07, 6.45) is 3.92. The molecule has 3 nitrogen and oxygen atoms in total. The molecule has 0 heterocycles. The fourth-order valence-electron chi connectivity index (χ4n) is 3.81. The second-order valence-corrected chi connectivity index (χ2v) is 6.67. The minimum atomic E-state index is -0.655. The van der Waals surface area contributed by atoms with E-state index in [1.54, 1.807) is 7.11 Å². The number of aliphatic carboxylic acids is 1. The van der Waals surface area contributed by atoms with Crippen molar-refractivity contribution in [2.45, 2.75) is 39.5 Å². The lowest BCUT2D eigenvalue weighted by Crippen LogP contribution is -2.32. The molecule has 3 unspecified atom stereocenters. The van der Waals surface area contributed by atoms with Crippen molar-refractivity contribution in [1.29, 1.82) is 0 Å². The van der Waals surface area contributed by atoms with Crippen molar-refractivity contribution >= 4 is 5.97 Å². The maximum atomic E-state index is 11.7. The molecule has 0 bridgehead atoms. The monoisotopic (exact) mass is 290 g/mol. The molecule has 1 aromatic carbocycles. The first-order chi connectivity index (χ1) is 9.99. The predicted octanol–water partition coefficient (Wildman–Crippen LogP) is 4.01. The van der Waals surface area contributed by atoms with Crippen molar-refractivity contribution in [2.24, 2.45) is 23.7 Å². The molecule has 1 aliphatic carbocycles. The van der Waals surface area contributed by atoms with Gasteiger partial charge < -0.3 is 9.84 Å². The van der Waals surface area contributed by atoms with Gasteiger partial charge in [-0.3, -0.25) is 4.79 Å². The van der Waals surface area contributed by atoms with Crippen LogP contribution in [-0.2, 0) is 11.2 Å². The largest absolute Gasteiger partial charge is 0.497 e. The van der Waals surface area contributed by atoms with Crippen molar-refractivity contribution in [3.8, 4) is 5.75 Å². The molecule has 0 saturated heterocycles. The summed E-state index contributed by atoms with van der Waals surface area (Å²) in [4.78, 5) is 11.7. The molecule has 1 saturated carbocycles. The molecule has 3 atom stereocenters. The maximum absolute atomic E-state index is 11.7. The van der Waals surface area contributed by atoms with Crippen LogP contribution in [0.4, 0.5) is 0 Å². The average Bonchev–Trinajstić information content (AvgIpc) is 2.44. The summed E-state index contributed by atoms with van der Waals surface area (Å²) in [5, 5.41) is 9.64. The number of hydrogen-bond acceptors (Lipinski definition) is 2. The average molecular weight is 290 g/mol. The van der Waals surface area contributed by atoms with Crippen LogP contribution in [0.3, 0.4) is 0 Å². The van der Waals surface area contributed by atoms with Crippen LogP contribution >= 0.6 is 0 Å². The number of carboxylic acid groups (broad SMARTS) is 1. The number of carboxylic acids is 1. The lowest BCUT2D eigenvalue weighted by molar-refractivity contribution is -0.144. The van der Waals surface area contributed by atoms with Gasteiger partial charge in [0.05, 0.1) is 13.0 Å². The van der Waals surface area contributed by atoms with Crippen molar-refractivity contribution in [1.82, 2.24) is 0 Å². The van der Waals surface area contributed by atoms with Crippen molar-refractivity contribution < 1.29 is 14.6 Å². The zero-order valence-corrected chi connectivity index (χ0v) is 13.2. The summed E-state index contributed by atoms with van der Waals surface area (Å²) >= 11 is 0. The summed E-state index contributed by atoms with van der Waals surface area (Å²) < 4.78 is 5.15. The Kier molecular flexibility index (Phi) is 5.27. The Balaban J connectivity index is 2.09. The van der Waals surface area contributed by atoms with Crippen LogP contribution in [-0.4, -0.2) is 18.2 Å². The van der Waals surface area contributed by atoms with Gasteiger partial charge >= 0.3 is 5.97 Å². The SMILES string of the molecule is COc1ccc(CC(C(=O)O)C2CC(C)CC(C)C2)cc1. The second-order valence-electron chi connectivity index (χ2n) is 6.67. The first-order valence-electron chi connectivity index (χ1n) is 7.85. The van der Waals surface area contributed by atoms with Crippen LogP contribution in [0.25, 0.3) is 0 Å². The van der Waals surface area contributed by atoms with Gasteiger partial charge in [0, 0.05) is 0 Å². The van der Waals surface area contributed by atoms with Gasteiger partial charge in [-0.05, 0) is 61.1 Å². The Labute approximate surface area is 127 Å². The van der Waals surface area contributed by atoms with Gasteiger partial charge in [0.15, 0.2) is 0 Å². The molecule has 0 aliphatic heterocycles. The Morgan fingerprint density at radius 3 is 2.24 bits per heavy atom. The quantitative estimate of drug-likeness (QED) is 0.891. The van der Waals surface area contributed by atoms with Crippen LogP contribution in [0.5, 0.6) is 5.75 Å². The van der Waals surface area contributed by atoms with Gasteiger partial charge in [-0.25, -0.2) is 0 Å². The number of benzene rings is 1. The molecule has 0 amide bonds. The Morgan fingerprint density at radius 2 is 1.76 bits per heavy atom. The van der Waals surface area contributed by atoms with E-state index in [2.05, 4.69) is 13.8 Å². The minimum Gasteiger partial charge on any atom is -0.497 e. The Morgan fingerprint density at radius 1 is 1.19 bits per heavy atom. The highest BCUT2D eigenvalue weighted by atomic mass is 16.5. The molecule has 116 valence electrons. The molecule has 0 spiro atoms. The highest BCUT2D eigenvalue weighted by Gasteiger charge is 2.34. The van der Waals surface area contributed by atoms with Gasteiger partial charge in [0.2, 0.25) is 0 Å². The molecule has 1 N–H and O–H groups in total. The molecule has 2 rings (SSSR count). The number of hydrogen-bond donors (Lipinski definition) is 1. The molecule has 3 heteroatoms. The molecular formula is C18H26O3. The van der Waals surface area contributed by atoms with Crippen LogP contribution in [0, 0.1) is 23.7 Å². The summed E-state index contributed by atoms with van der Waals surface area (Å²) in [5.74, 6) is 1.45. The van der Waals surface area contributed by atoms with Crippen LogP contribution in [0.15, 0.2) is 24.3 Å². The molecule has 21 heavy (non-hydrogen) atoms. The lowest BCUT2D eigenvalue weighted by Gasteiger charge is -2.35. The van der Waals surface area contributed by atoms with Gasteiger partial charge in [-0.2, -0.15) is 0 Å². The van der Waals surface area contributed by atoms with E-state index in [4.69, 9.17) is 4.74 Å². The van der Waals surface area contributed by atoms with E-state index in [1.165, 1.54) is 6.42 Å². The van der Waals surface area contributed by atoms with E-state index in [9.17, 15) is 9.90 Å². The molecular weight excluding hydrogens is 264 g/mol. The van der Waals surface area contributed by atoms with Crippen LogP contribution in [0.2, 0.25) is 0 Å². The topological polar surface area (TPSA) is 46.5 Å². The van der Waals surface area contributed by atoms with E-state index in [0.717, 1.165) is 24.2 Å². The smallest absolute Gasteiger partial charge is 0.307 e. The van der Waals surface area contributed by atoms with E-state index >= 15 is 0 Å². The van der Waals surface area contributed by atoms with E-state index in [0.29, 0.717) is 24.2 Å². The highest BCUT2D eigenvalue weighted by molar-refractivity contribution is 5.70. The standard InChI is InChI=1S/C18H26O3/c1-12-8-13(2)10-15(9-12)17(18(19)20)11-14-4-6-16(21-3)7-5-14/h4-7,12-13,15,17H,8-11H2,1-3H3,(H,19,20). The number of rotatable bonds is 5. The Hall–Kier alpha value is -1.51. The summed E-state index contributed by atoms with van der Waals surface area (Å²) in [6.45, 7) is 4.49. The van der Waals surface area contributed by atoms with E-state index in [1.807, 2.05) is 24.3 Å². The maximum Gasteiger partial charge on any atom is 0.307 e. The third-order valence-corrected chi connectivity index (χ3v) is 4.72. The highest BCUT2D eigenvalue weighted by Crippen LogP contribution is 2.38. The first-order valence-corrected chi connectivity index (χ1v) is 7.85. The van der Waals surface area contributed by atoms with Gasteiger partial charge in [-0.1, -0.05) is 26.0 Å². The molecule has 1 fully saturated rings. The third kappa shape index (κ3) is 4.23. The van der Waals surface area contributed by atoms with Gasteiger partial charge in [0.25, 0.3) is 0 Å². The third-order valence-electron chi connectivity index (χ3n) is 4.72. The molecule has 1 aliphatic rings. The van der Waals surface area contributed by atoms with Crippen molar-refractivity contribution in [2.75, 3.05) is 7.11 Å². The fourth-order valence-corrected chi connectivity index (χ4v) is 3.81. The zero-order chi connectivity index (χ0) is 15.4.